The van der Waals surface area contributed by atoms with Gasteiger partial charge in [0.1, 0.15) is 0 Å². The van der Waals surface area contributed by atoms with E-state index in [2.05, 4.69) is 87.9 Å². The molecule has 0 amide bonds. The maximum absolute atomic E-state index is 6.40. The molecule has 9 heteroatoms. The zero-order chi connectivity index (χ0) is 37.3. The fraction of sp³-hybridized carbons (Fsp3) is 0.191. The quantitative estimate of drug-likeness (QED) is 0.100. The Bertz CT molecular complexity index is 2460. The van der Waals surface area contributed by atoms with Crippen LogP contribution in [0.5, 0.6) is 23.0 Å². The molecule has 0 unspecified atom stereocenters. The van der Waals surface area contributed by atoms with Crippen molar-refractivity contribution in [2.45, 2.75) is 59.3 Å². The van der Waals surface area contributed by atoms with Crippen molar-refractivity contribution in [3.8, 4) is 51.5 Å². The van der Waals surface area contributed by atoms with Gasteiger partial charge in [0, 0.05) is 47.8 Å². The molecule has 8 aromatic rings. The molecule has 0 saturated carbocycles. The van der Waals surface area contributed by atoms with Crippen LogP contribution in [0.3, 0.4) is 0 Å². The summed E-state index contributed by atoms with van der Waals surface area (Å²) < 4.78 is 14.8. The van der Waals surface area contributed by atoms with Gasteiger partial charge in [-0.2, -0.15) is 22.9 Å². The van der Waals surface area contributed by atoms with Crippen molar-refractivity contribution in [2.75, 3.05) is 0 Å². The zero-order valence-corrected chi connectivity index (χ0v) is 34.9. The molecule has 0 aliphatic rings. The van der Waals surface area contributed by atoms with Crippen LogP contribution in [0.25, 0.3) is 50.3 Å². The predicted molar refractivity (Wildman–Crippen MR) is 213 cm³/mol. The van der Waals surface area contributed by atoms with Gasteiger partial charge in [0.2, 0.25) is 5.95 Å². The van der Waals surface area contributed by atoms with Crippen LogP contribution in [0.2, 0.25) is 0 Å². The molecule has 8 rings (SSSR count). The second kappa shape index (κ2) is 17.4. The summed E-state index contributed by atoms with van der Waals surface area (Å²) in [5.74, 6) is 3.76. The second-order valence-corrected chi connectivity index (χ2v) is 14.3. The van der Waals surface area contributed by atoms with E-state index in [0.29, 0.717) is 46.7 Å². The van der Waals surface area contributed by atoms with Crippen molar-refractivity contribution >= 4 is 21.8 Å². The van der Waals surface area contributed by atoms with Gasteiger partial charge in [0.15, 0.2) is 0 Å². The Kier molecular flexibility index (Phi) is 12.6. The minimum atomic E-state index is 0. The van der Waals surface area contributed by atoms with Crippen molar-refractivity contribution < 1.29 is 50.3 Å². The van der Waals surface area contributed by atoms with Crippen LogP contribution >= 0.6 is 0 Å². The number of pyridine rings is 2. The molecule has 4 aromatic heterocycles. The van der Waals surface area contributed by atoms with Gasteiger partial charge in [0.05, 0.1) is 0 Å². The number of rotatable bonds is 10. The van der Waals surface area contributed by atoms with Crippen LogP contribution in [0.4, 0.5) is 0 Å². The topological polar surface area (TPSA) is 75.0 Å². The Morgan fingerprint density at radius 2 is 0.911 bits per heavy atom. The summed E-state index contributed by atoms with van der Waals surface area (Å²) in [5, 5.41) is 1.91. The third kappa shape index (κ3) is 8.53. The molecule has 0 atom stereocenters. The van der Waals surface area contributed by atoms with Gasteiger partial charge in [-0.05, 0) is 46.8 Å². The smallest absolute Gasteiger partial charge is 0.503 e. The molecule has 0 saturated heterocycles. The second-order valence-electron chi connectivity index (χ2n) is 14.3. The first-order valence-electron chi connectivity index (χ1n) is 18.3. The van der Waals surface area contributed by atoms with Crippen LogP contribution < -0.4 is 9.47 Å². The van der Waals surface area contributed by atoms with Gasteiger partial charge in [0.25, 0.3) is 0 Å². The van der Waals surface area contributed by atoms with E-state index in [0.717, 1.165) is 49.9 Å². The van der Waals surface area contributed by atoms with Gasteiger partial charge >= 0.3 is 40.8 Å². The monoisotopic (exact) mass is 917 g/mol. The number of benzene rings is 4. The zero-order valence-electron chi connectivity index (χ0n) is 31.8. The van der Waals surface area contributed by atoms with Gasteiger partial charge in [-0.15, -0.1) is 71.8 Å². The molecular weight excluding hydrogens is 879 g/mol. The minimum Gasteiger partial charge on any atom is -0.503 e. The Morgan fingerprint density at radius 1 is 0.482 bits per heavy atom. The standard InChI is InChI=1S/C47H39N5O2.2Pd/c1-29(2)32-17-19-48-43(23-32)34-9-7-11-37(21-34)53-39-13-15-41-42-16-14-40(26-46(42)52(45(41)25-39)47-50-27-36(28-51-47)31(5)6)54-38-12-8-10-35(22-38)44-24-33(30(3)4)18-20-49-44;;/h7-20,23-24,27-31H,1-6H3;;/q-4;2*+2. The fourth-order valence-electron chi connectivity index (χ4n) is 6.35. The van der Waals surface area contributed by atoms with Crippen LogP contribution in [-0.4, -0.2) is 24.5 Å². The van der Waals surface area contributed by atoms with Crippen molar-refractivity contribution in [3.63, 3.8) is 0 Å². The van der Waals surface area contributed by atoms with E-state index in [1.807, 2.05) is 102 Å². The molecule has 0 radical (unpaired) electrons. The summed E-state index contributed by atoms with van der Waals surface area (Å²) >= 11 is 0. The van der Waals surface area contributed by atoms with E-state index in [1.54, 1.807) is 0 Å². The molecule has 284 valence electrons. The normalized spacial score (nSPS) is 11.2. The maximum Gasteiger partial charge on any atom is 2.00 e. The first-order valence-corrected chi connectivity index (χ1v) is 18.3. The van der Waals surface area contributed by atoms with Gasteiger partial charge in [-0.25, -0.2) is 9.97 Å². The summed E-state index contributed by atoms with van der Waals surface area (Å²) in [7, 11) is 0. The SMILES string of the molecule is CC(C)c1cnc(-n2c3[c-]c(Oc4[c-]c(-c5cc(C(C)C)ccn5)ccc4)ccc3c3ccc(Oc4[c-]c(-c5cc(C(C)C)ccn5)ccc4)[c-]c32)nc1.[Pd+2].[Pd+2]. The first kappa shape index (κ1) is 40.6. The molecule has 56 heavy (non-hydrogen) atoms. The summed E-state index contributed by atoms with van der Waals surface area (Å²) in [6.45, 7) is 12.9. The molecule has 4 aromatic carbocycles. The number of ether oxygens (including phenoxy) is 2. The molecule has 0 spiro atoms. The predicted octanol–water partition coefficient (Wildman–Crippen LogP) is 11.8. The average Bonchev–Trinajstić information content (AvgIpc) is 3.51. The Morgan fingerprint density at radius 3 is 1.34 bits per heavy atom. The summed E-state index contributed by atoms with van der Waals surface area (Å²) in [4.78, 5) is 18.8. The van der Waals surface area contributed by atoms with E-state index in [9.17, 15) is 0 Å². The number of nitrogens with zero attached hydrogens (tertiary/aromatic N) is 5. The molecule has 0 N–H and O–H groups in total. The Hall–Kier alpha value is -5.02. The van der Waals surface area contributed by atoms with E-state index < -0.39 is 0 Å². The molecule has 0 fully saturated rings. The molecule has 4 heterocycles. The first-order chi connectivity index (χ1) is 26.2. The molecule has 7 nitrogen and oxygen atoms in total. The molecule has 0 bridgehead atoms. The third-order valence-corrected chi connectivity index (χ3v) is 9.49. The molecule has 0 aliphatic carbocycles. The van der Waals surface area contributed by atoms with E-state index >= 15 is 0 Å². The van der Waals surface area contributed by atoms with Crippen molar-refractivity contribution in [2.24, 2.45) is 0 Å². The van der Waals surface area contributed by atoms with E-state index in [4.69, 9.17) is 19.4 Å². The number of fused-ring (bicyclic) bond motifs is 3. The number of hydrogen-bond donors (Lipinski definition) is 0. The average molecular weight is 919 g/mol. The van der Waals surface area contributed by atoms with E-state index in [-0.39, 0.29) is 40.8 Å². The van der Waals surface area contributed by atoms with Crippen LogP contribution in [-0.2, 0) is 40.8 Å². The van der Waals surface area contributed by atoms with Crippen LogP contribution in [0.15, 0.2) is 110 Å². The van der Waals surface area contributed by atoms with Gasteiger partial charge in [-0.3, -0.25) is 0 Å². The Balaban J connectivity index is 0.00000266. The maximum atomic E-state index is 6.40. The molecule has 0 aliphatic heterocycles. The summed E-state index contributed by atoms with van der Waals surface area (Å²) in [6, 6.07) is 41.7. The molecular formula is C47H39N5O2Pd2. The number of aromatic nitrogens is 5. The van der Waals surface area contributed by atoms with Crippen molar-refractivity contribution in [3.05, 3.63) is 151 Å². The number of hydrogen-bond acceptors (Lipinski definition) is 6. The Labute approximate surface area is 355 Å². The fourth-order valence-corrected chi connectivity index (χ4v) is 6.35. The summed E-state index contributed by atoms with van der Waals surface area (Å²) in [5.41, 5.74) is 8.40. The summed E-state index contributed by atoms with van der Waals surface area (Å²) in [6.07, 6.45) is 7.43. The van der Waals surface area contributed by atoms with Gasteiger partial charge in [-0.1, -0.05) is 88.0 Å². The van der Waals surface area contributed by atoms with Crippen molar-refractivity contribution in [1.82, 2.24) is 24.5 Å². The van der Waals surface area contributed by atoms with Crippen molar-refractivity contribution in [1.29, 1.82) is 0 Å². The minimum absolute atomic E-state index is 0. The third-order valence-electron chi connectivity index (χ3n) is 9.49. The van der Waals surface area contributed by atoms with Crippen LogP contribution in [0, 0.1) is 24.3 Å². The largest absolute Gasteiger partial charge is 2.00 e. The van der Waals surface area contributed by atoms with Gasteiger partial charge < -0.3 is 24.0 Å². The van der Waals surface area contributed by atoms with E-state index in [1.165, 1.54) is 11.1 Å². The van der Waals surface area contributed by atoms with Crippen LogP contribution in [0.1, 0.15) is 76.0 Å².